The molecular formula is C18H20BrClN2O2. The number of ether oxygens (including phenoxy) is 1. The minimum atomic E-state index is -0.0526. The quantitative estimate of drug-likeness (QED) is 0.766. The van der Waals surface area contributed by atoms with E-state index in [0.29, 0.717) is 30.4 Å². The molecule has 0 aliphatic carbocycles. The van der Waals surface area contributed by atoms with Crippen LogP contribution in [0.2, 0.25) is 0 Å². The van der Waals surface area contributed by atoms with E-state index in [9.17, 15) is 4.79 Å². The second-order valence-electron chi connectivity index (χ2n) is 5.64. The maximum atomic E-state index is 12.2. The molecule has 1 aliphatic heterocycles. The molecule has 2 N–H and O–H groups in total. The first-order valence-electron chi connectivity index (χ1n) is 7.67. The van der Waals surface area contributed by atoms with Gasteiger partial charge in [-0.25, -0.2) is 0 Å². The molecule has 6 heteroatoms. The number of halogens is 2. The summed E-state index contributed by atoms with van der Waals surface area (Å²) >= 11 is 3.50. The Balaban J connectivity index is 0.00000208. The van der Waals surface area contributed by atoms with Crippen molar-refractivity contribution in [1.82, 2.24) is 10.6 Å². The SMILES string of the molecule is Cl.O=C(NCC1CNC1)c1cccc(OCc2ccccc2Br)c1. The largest absolute Gasteiger partial charge is 0.489 e. The third-order valence-electron chi connectivity index (χ3n) is 3.87. The molecule has 0 spiro atoms. The molecule has 0 aromatic heterocycles. The summed E-state index contributed by atoms with van der Waals surface area (Å²) in [5.74, 6) is 1.19. The van der Waals surface area contributed by atoms with Crippen molar-refractivity contribution in [2.24, 2.45) is 5.92 Å². The summed E-state index contributed by atoms with van der Waals surface area (Å²) in [5.41, 5.74) is 1.70. The molecule has 1 fully saturated rings. The zero-order valence-corrected chi connectivity index (χ0v) is 15.5. The Hall–Kier alpha value is -1.56. The van der Waals surface area contributed by atoms with E-state index in [2.05, 4.69) is 26.6 Å². The molecule has 1 heterocycles. The van der Waals surface area contributed by atoms with Gasteiger partial charge in [-0.2, -0.15) is 0 Å². The summed E-state index contributed by atoms with van der Waals surface area (Å²) in [7, 11) is 0. The predicted octanol–water partition coefficient (Wildman–Crippen LogP) is 3.40. The number of hydrogen-bond acceptors (Lipinski definition) is 3. The molecule has 1 saturated heterocycles. The maximum Gasteiger partial charge on any atom is 0.251 e. The van der Waals surface area contributed by atoms with Gasteiger partial charge in [-0.3, -0.25) is 4.79 Å². The van der Waals surface area contributed by atoms with Gasteiger partial charge in [-0.1, -0.05) is 40.2 Å². The number of rotatable bonds is 6. The molecule has 2 aromatic rings. The van der Waals surface area contributed by atoms with Gasteiger partial charge < -0.3 is 15.4 Å². The van der Waals surface area contributed by atoms with Crippen LogP contribution in [0.25, 0.3) is 0 Å². The highest BCUT2D eigenvalue weighted by atomic mass is 79.9. The summed E-state index contributed by atoms with van der Waals surface area (Å²) in [6, 6.07) is 15.2. The van der Waals surface area contributed by atoms with Crippen LogP contribution in [0.3, 0.4) is 0 Å². The highest BCUT2D eigenvalue weighted by Crippen LogP contribution is 2.20. The van der Waals surface area contributed by atoms with Crippen LogP contribution in [-0.2, 0) is 6.61 Å². The molecule has 24 heavy (non-hydrogen) atoms. The van der Waals surface area contributed by atoms with E-state index in [1.807, 2.05) is 36.4 Å². The topological polar surface area (TPSA) is 50.4 Å². The Morgan fingerprint density at radius 3 is 2.71 bits per heavy atom. The highest BCUT2D eigenvalue weighted by molar-refractivity contribution is 9.10. The Kier molecular flexibility index (Phi) is 7.09. The summed E-state index contributed by atoms with van der Waals surface area (Å²) in [5, 5.41) is 6.16. The highest BCUT2D eigenvalue weighted by Gasteiger charge is 2.17. The van der Waals surface area contributed by atoms with Crippen molar-refractivity contribution in [3.63, 3.8) is 0 Å². The van der Waals surface area contributed by atoms with Gasteiger partial charge in [-0.15, -0.1) is 12.4 Å². The number of hydrogen-bond donors (Lipinski definition) is 2. The van der Waals surface area contributed by atoms with Crippen LogP contribution in [-0.4, -0.2) is 25.5 Å². The lowest BCUT2D eigenvalue weighted by molar-refractivity contribution is 0.0941. The van der Waals surface area contributed by atoms with Crippen molar-refractivity contribution >= 4 is 34.2 Å². The summed E-state index contributed by atoms with van der Waals surface area (Å²) in [6.07, 6.45) is 0. The molecule has 1 amide bonds. The number of carbonyl (C=O) groups excluding carboxylic acids is 1. The van der Waals surface area contributed by atoms with Crippen molar-refractivity contribution in [1.29, 1.82) is 0 Å². The molecule has 1 aliphatic rings. The van der Waals surface area contributed by atoms with Crippen LogP contribution in [0, 0.1) is 5.92 Å². The van der Waals surface area contributed by atoms with Crippen LogP contribution >= 0.6 is 28.3 Å². The normalized spacial score (nSPS) is 13.5. The fourth-order valence-electron chi connectivity index (χ4n) is 2.34. The van der Waals surface area contributed by atoms with Crippen LogP contribution in [0.15, 0.2) is 53.0 Å². The van der Waals surface area contributed by atoms with E-state index < -0.39 is 0 Å². The minimum absolute atomic E-state index is 0. The number of nitrogens with one attached hydrogen (secondary N) is 2. The fourth-order valence-corrected chi connectivity index (χ4v) is 2.73. The molecule has 2 aromatic carbocycles. The molecule has 0 saturated carbocycles. The predicted molar refractivity (Wildman–Crippen MR) is 101 cm³/mol. The smallest absolute Gasteiger partial charge is 0.251 e. The standard InChI is InChI=1S/C18H19BrN2O2.ClH/c19-17-7-2-1-4-15(17)12-23-16-6-3-5-14(8-16)18(22)21-11-13-9-20-10-13;/h1-8,13,20H,9-12H2,(H,21,22);1H. The van der Waals surface area contributed by atoms with Crippen molar-refractivity contribution in [2.75, 3.05) is 19.6 Å². The molecule has 128 valence electrons. The molecule has 0 unspecified atom stereocenters. The Morgan fingerprint density at radius 2 is 2.00 bits per heavy atom. The third kappa shape index (κ3) is 4.97. The number of amides is 1. The van der Waals surface area contributed by atoms with Crippen LogP contribution in [0.5, 0.6) is 5.75 Å². The van der Waals surface area contributed by atoms with Crippen LogP contribution in [0.1, 0.15) is 15.9 Å². The van der Waals surface area contributed by atoms with Crippen molar-refractivity contribution in [3.8, 4) is 5.75 Å². The lowest BCUT2D eigenvalue weighted by Crippen LogP contribution is -2.48. The van der Waals surface area contributed by atoms with Crippen LogP contribution < -0.4 is 15.4 Å². The first-order chi connectivity index (χ1) is 11.2. The first kappa shape index (κ1) is 18.8. The molecular weight excluding hydrogens is 392 g/mol. The van der Waals surface area contributed by atoms with Gasteiger partial charge in [0, 0.05) is 41.2 Å². The average Bonchev–Trinajstić information content (AvgIpc) is 2.53. The summed E-state index contributed by atoms with van der Waals surface area (Å²) in [6.45, 7) is 3.14. The van der Waals surface area contributed by atoms with E-state index in [4.69, 9.17) is 4.74 Å². The second kappa shape index (κ2) is 9.06. The van der Waals surface area contributed by atoms with Gasteiger partial charge in [0.1, 0.15) is 12.4 Å². The lowest BCUT2D eigenvalue weighted by atomic mass is 10.0. The van der Waals surface area contributed by atoms with Crippen molar-refractivity contribution in [3.05, 3.63) is 64.1 Å². The van der Waals surface area contributed by atoms with Gasteiger partial charge in [0.2, 0.25) is 0 Å². The van der Waals surface area contributed by atoms with E-state index >= 15 is 0 Å². The zero-order chi connectivity index (χ0) is 16.1. The molecule has 0 atom stereocenters. The number of carbonyl (C=O) groups is 1. The van der Waals surface area contributed by atoms with Gasteiger partial charge in [-0.05, 0) is 24.3 Å². The van der Waals surface area contributed by atoms with Gasteiger partial charge in [0.15, 0.2) is 0 Å². The zero-order valence-electron chi connectivity index (χ0n) is 13.1. The minimum Gasteiger partial charge on any atom is -0.489 e. The lowest BCUT2D eigenvalue weighted by Gasteiger charge is -2.27. The average molecular weight is 412 g/mol. The van der Waals surface area contributed by atoms with E-state index in [1.54, 1.807) is 12.1 Å². The van der Waals surface area contributed by atoms with E-state index in [1.165, 1.54) is 0 Å². The maximum absolute atomic E-state index is 12.2. The molecule has 4 nitrogen and oxygen atoms in total. The summed E-state index contributed by atoms with van der Waals surface area (Å²) in [4.78, 5) is 12.2. The summed E-state index contributed by atoms with van der Waals surface area (Å²) < 4.78 is 6.82. The van der Waals surface area contributed by atoms with Crippen molar-refractivity contribution in [2.45, 2.75) is 6.61 Å². The number of benzene rings is 2. The van der Waals surface area contributed by atoms with E-state index in [0.717, 1.165) is 23.1 Å². The molecule has 0 bridgehead atoms. The Labute approximate surface area is 156 Å². The first-order valence-corrected chi connectivity index (χ1v) is 8.47. The Morgan fingerprint density at radius 1 is 1.21 bits per heavy atom. The van der Waals surface area contributed by atoms with Crippen molar-refractivity contribution < 1.29 is 9.53 Å². The third-order valence-corrected chi connectivity index (χ3v) is 4.64. The monoisotopic (exact) mass is 410 g/mol. The van der Waals surface area contributed by atoms with Gasteiger partial charge in [0.25, 0.3) is 5.91 Å². The second-order valence-corrected chi connectivity index (χ2v) is 6.50. The fraction of sp³-hybridized carbons (Fsp3) is 0.278. The Bertz CT molecular complexity index is 692. The molecule has 3 rings (SSSR count). The van der Waals surface area contributed by atoms with Gasteiger partial charge >= 0.3 is 0 Å². The molecule has 0 radical (unpaired) electrons. The van der Waals surface area contributed by atoms with E-state index in [-0.39, 0.29) is 18.3 Å². The van der Waals surface area contributed by atoms with Crippen LogP contribution in [0.4, 0.5) is 0 Å². The van der Waals surface area contributed by atoms with Gasteiger partial charge in [0.05, 0.1) is 0 Å².